The summed E-state index contributed by atoms with van der Waals surface area (Å²) < 4.78 is 7.27. The first-order valence-electron chi connectivity index (χ1n) is 13.2. The molecule has 0 spiro atoms. The van der Waals surface area contributed by atoms with Crippen LogP contribution in [0, 0.1) is 0 Å². The fourth-order valence-electron chi connectivity index (χ4n) is 5.01. The van der Waals surface area contributed by atoms with Gasteiger partial charge in [-0.05, 0) is 41.5 Å². The van der Waals surface area contributed by atoms with Gasteiger partial charge in [-0.1, -0.05) is 36.4 Å². The minimum atomic E-state index is -0.175. The Morgan fingerprint density at radius 1 is 1.00 bits per heavy atom. The van der Waals surface area contributed by atoms with Crippen molar-refractivity contribution in [3.8, 4) is 5.69 Å². The Hall–Kier alpha value is -4.34. The van der Waals surface area contributed by atoms with Crippen molar-refractivity contribution in [3.63, 3.8) is 0 Å². The zero-order valence-electron chi connectivity index (χ0n) is 21.6. The minimum absolute atomic E-state index is 0.0358. The van der Waals surface area contributed by atoms with Gasteiger partial charge in [-0.25, -0.2) is 4.68 Å². The number of benzene rings is 2. The topological polar surface area (TPSA) is 92.6 Å². The Morgan fingerprint density at radius 2 is 1.79 bits per heavy atom. The molecule has 0 aliphatic carbocycles. The Morgan fingerprint density at radius 3 is 2.56 bits per heavy atom. The summed E-state index contributed by atoms with van der Waals surface area (Å²) in [6.07, 6.45) is 6.72. The molecule has 4 heterocycles. The maximum Gasteiger partial charge on any atom is 0.275 e. The van der Waals surface area contributed by atoms with Crippen LogP contribution >= 0.6 is 0 Å². The van der Waals surface area contributed by atoms with Gasteiger partial charge in [-0.3, -0.25) is 19.5 Å². The molecule has 2 amide bonds. The van der Waals surface area contributed by atoms with Gasteiger partial charge in [0.15, 0.2) is 5.69 Å². The second-order valence-electron chi connectivity index (χ2n) is 9.79. The van der Waals surface area contributed by atoms with Crippen LogP contribution in [-0.2, 0) is 16.1 Å². The van der Waals surface area contributed by atoms with Gasteiger partial charge in [-0.15, -0.1) is 0 Å². The number of fused-ring (bicyclic) bond motifs is 1. The van der Waals surface area contributed by atoms with Crippen molar-refractivity contribution in [3.05, 3.63) is 96.0 Å². The van der Waals surface area contributed by atoms with Crippen LogP contribution in [0.2, 0.25) is 0 Å². The van der Waals surface area contributed by atoms with E-state index in [9.17, 15) is 9.59 Å². The third-order valence-electron chi connectivity index (χ3n) is 7.26. The number of nitrogens with zero attached hydrogens (tertiary/aromatic N) is 5. The van der Waals surface area contributed by atoms with E-state index in [-0.39, 0.29) is 11.8 Å². The van der Waals surface area contributed by atoms with Gasteiger partial charge in [0.1, 0.15) is 0 Å². The molecule has 9 nitrogen and oxygen atoms in total. The summed E-state index contributed by atoms with van der Waals surface area (Å²) in [6.45, 7) is 5.22. The average Bonchev–Trinajstić information content (AvgIpc) is 3.35. The highest BCUT2D eigenvalue weighted by Gasteiger charge is 2.37. The number of ether oxygens (including phenoxy) is 1. The van der Waals surface area contributed by atoms with Crippen LogP contribution in [0.25, 0.3) is 22.7 Å². The number of carbonyl (C=O) groups excluding carboxylic acids is 2. The van der Waals surface area contributed by atoms with Crippen LogP contribution in [0.3, 0.4) is 0 Å². The number of pyridine rings is 1. The van der Waals surface area contributed by atoms with Crippen molar-refractivity contribution in [2.75, 3.05) is 39.4 Å². The molecule has 198 valence electrons. The largest absolute Gasteiger partial charge is 0.379 e. The summed E-state index contributed by atoms with van der Waals surface area (Å²) >= 11 is 0. The first kappa shape index (κ1) is 25.0. The van der Waals surface area contributed by atoms with Crippen LogP contribution in [0.1, 0.15) is 21.6 Å². The molecule has 0 atom stereocenters. The van der Waals surface area contributed by atoms with E-state index in [1.165, 1.54) is 6.08 Å². The number of amides is 2. The predicted octanol–water partition coefficient (Wildman–Crippen LogP) is 2.91. The second-order valence-corrected chi connectivity index (χ2v) is 9.79. The standard InChI is InChI=1S/C30H30N6O3/c37-28(32-19-23-4-3-13-31-18-23)12-9-22-7-10-24(11-8-22)36-27-6-2-1-5-26(27)29(33-36)30(38)35-20-25(21-35)34-14-16-39-17-15-34/h1-13,18,25H,14-17,19-21H2,(H,32,37)/b12-9+. The molecule has 2 fully saturated rings. The number of nitrogens with one attached hydrogen (secondary N) is 1. The van der Waals surface area contributed by atoms with Gasteiger partial charge in [0, 0.05) is 62.6 Å². The van der Waals surface area contributed by atoms with E-state index in [0.717, 1.165) is 67.1 Å². The van der Waals surface area contributed by atoms with Crippen molar-refractivity contribution in [1.29, 1.82) is 0 Å². The number of para-hydroxylation sites is 1. The molecule has 2 aromatic carbocycles. The smallest absolute Gasteiger partial charge is 0.275 e. The molecular formula is C30H30N6O3. The van der Waals surface area contributed by atoms with Crippen LogP contribution in [0.4, 0.5) is 0 Å². The van der Waals surface area contributed by atoms with E-state index in [1.807, 2.05) is 70.2 Å². The molecule has 2 aliphatic rings. The molecule has 0 bridgehead atoms. The summed E-state index contributed by atoms with van der Waals surface area (Å²) in [4.78, 5) is 34.0. The fourth-order valence-corrected chi connectivity index (χ4v) is 5.01. The fraction of sp³-hybridized carbons (Fsp3) is 0.267. The highest BCUT2D eigenvalue weighted by molar-refractivity contribution is 6.05. The molecule has 2 saturated heterocycles. The van der Waals surface area contributed by atoms with Crippen LogP contribution in [0.15, 0.2) is 79.1 Å². The molecule has 2 aromatic heterocycles. The van der Waals surface area contributed by atoms with Crippen molar-refractivity contribution in [2.24, 2.45) is 0 Å². The number of morpholine rings is 1. The SMILES string of the molecule is O=C(/C=C/c1ccc(-n2nc(C(=O)N3CC(N4CCOCC4)C3)c3ccccc32)cc1)NCc1cccnc1. The zero-order chi connectivity index (χ0) is 26.6. The Bertz CT molecular complexity index is 1490. The van der Waals surface area contributed by atoms with Gasteiger partial charge in [-0.2, -0.15) is 5.10 Å². The number of carbonyl (C=O) groups is 2. The van der Waals surface area contributed by atoms with E-state index in [4.69, 9.17) is 9.84 Å². The molecule has 39 heavy (non-hydrogen) atoms. The lowest BCUT2D eigenvalue weighted by atomic mass is 10.1. The number of likely N-dealkylation sites (tertiary alicyclic amines) is 1. The highest BCUT2D eigenvalue weighted by Crippen LogP contribution is 2.26. The summed E-state index contributed by atoms with van der Waals surface area (Å²) in [7, 11) is 0. The van der Waals surface area contributed by atoms with Gasteiger partial charge >= 0.3 is 0 Å². The van der Waals surface area contributed by atoms with Gasteiger partial charge in [0.25, 0.3) is 5.91 Å². The quantitative estimate of drug-likeness (QED) is 0.375. The lowest BCUT2D eigenvalue weighted by Gasteiger charge is -2.46. The lowest BCUT2D eigenvalue weighted by Crippen LogP contribution is -2.62. The molecule has 0 radical (unpaired) electrons. The summed E-state index contributed by atoms with van der Waals surface area (Å²) in [5.74, 6) is -0.211. The first-order chi connectivity index (χ1) is 19.2. The first-order valence-corrected chi connectivity index (χ1v) is 13.2. The third-order valence-corrected chi connectivity index (χ3v) is 7.26. The normalized spacial score (nSPS) is 16.5. The molecule has 0 saturated carbocycles. The maximum atomic E-state index is 13.4. The number of rotatable bonds is 7. The van der Waals surface area contributed by atoms with E-state index < -0.39 is 0 Å². The van der Waals surface area contributed by atoms with Crippen LogP contribution < -0.4 is 5.32 Å². The zero-order valence-corrected chi connectivity index (χ0v) is 21.6. The molecule has 6 rings (SSSR count). The van der Waals surface area contributed by atoms with Gasteiger partial charge in [0.05, 0.1) is 24.4 Å². The predicted molar refractivity (Wildman–Crippen MR) is 148 cm³/mol. The van der Waals surface area contributed by atoms with E-state index in [2.05, 4.69) is 15.2 Å². The van der Waals surface area contributed by atoms with Gasteiger partial charge < -0.3 is 15.0 Å². The van der Waals surface area contributed by atoms with Crippen LogP contribution in [-0.4, -0.2) is 81.8 Å². The lowest BCUT2D eigenvalue weighted by molar-refractivity contribution is -0.116. The Labute approximate surface area is 226 Å². The molecule has 2 aliphatic heterocycles. The van der Waals surface area contributed by atoms with E-state index in [0.29, 0.717) is 18.3 Å². The summed E-state index contributed by atoms with van der Waals surface area (Å²) in [6, 6.07) is 19.7. The minimum Gasteiger partial charge on any atom is -0.379 e. The molecule has 9 heteroatoms. The molecular weight excluding hydrogens is 492 g/mol. The number of aromatic nitrogens is 3. The third kappa shape index (κ3) is 5.45. The monoisotopic (exact) mass is 522 g/mol. The van der Waals surface area contributed by atoms with Crippen molar-refractivity contribution in [1.82, 2.24) is 29.9 Å². The molecule has 0 unspecified atom stereocenters. The molecule has 1 N–H and O–H groups in total. The maximum absolute atomic E-state index is 13.4. The average molecular weight is 523 g/mol. The number of hydrogen-bond acceptors (Lipinski definition) is 6. The van der Waals surface area contributed by atoms with Crippen molar-refractivity contribution < 1.29 is 14.3 Å². The van der Waals surface area contributed by atoms with Gasteiger partial charge in [0.2, 0.25) is 5.91 Å². The summed E-state index contributed by atoms with van der Waals surface area (Å²) in [5, 5.41) is 8.46. The van der Waals surface area contributed by atoms with E-state index >= 15 is 0 Å². The Kier molecular flexibility index (Phi) is 7.16. The van der Waals surface area contributed by atoms with Crippen molar-refractivity contribution in [2.45, 2.75) is 12.6 Å². The second kappa shape index (κ2) is 11.2. The highest BCUT2D eigenvalue weighted by atomic mass is 16.5. The molecule has 4 aromatic rings. The summed E-state index contributed by atoms with van der Waals surface area (Å²) in [5.41, 5.74) is 4.03. The van der Waals surface area contributed by atoms with Crippen LogP contribution in [0.5, 0.6) is 0 Å². The van der Waals surface area contributed by atoms with E-state index in [1.54, 1.807) is 18.5 Å². The van der Waals surface area contributed by atoms with Crippen molar-refractivity contribution >= 4 is 28.8 Å². The Balaban J connectivity index is 1.13. The number of hydrogen-bond donors (Lipinski definition) is 1.